The smallest absolute Gasteiger partial charge is 0.341 e. The second-order valence-electron chi connectivity index (χ2n) is 7.34. The van der Waals surface area contributed by atoms with E-state index in [1.54, 1.807) is 13.3 Å². The van der Waals surface area contributed by atoms with Crippen LogP contribution in [0.5, 0.6) is 5.75 Å². The second-order valence-corrected chi connectivity index (χ2v) is 9.01. The fraction of sp³-hybridized carbons (Fsp3) is 0.286. The summed E-state index contributed by atoms with van der Waals surface area (Å²) in [5.41, 5.74) is 2.75. The van der Waals surface area contributed by atoms with Gasteiger partial charge < -0.3 is 14.4 Å². The van der Waals surface area contributed by atoms with Crippen LogP contribution in [0.25, 0.3) is 21.8 Å². The Bertz CT molecular complexity index is 1180. The molecule has 0 saturated heterocycles. The van der Waals surface area contributed by atoms with Crippen LogP contribution in [0.3, 0.4) is 0 Å². The molecule has 0 aliphatic carbocycles. The Kier molecular flexibility index (Phi) is 4.96. The SMILES string of the molecule is COc1cc2c(cc1-c1ncc(Cl)s1)CC(C(C)C)n1cc(C(=O)O)c(=O)cc1-2. The van der Waals surface area contributed by atoms with Crippen molar-refractivity contribution in [3.8, 4) is 27.6 Å². The number of nitrogens with zero attached hydrogens (tertiary/aromatic N) is 2. The standard InChI is InChI=1S/C21H19ClN2O4S/c1-10(2)15-5-11-4-13(20-23-8-19(22)29-20)18(28-3)6-12(11)16-7-17(25)14(21(26)27)9-24(15)16/h4,6-10,15H,5H2,1-3H3,(H,26,27). The molecule has 1 N–H and O–H groups in total. The van der Waals surface area contributed by atoms with Crippen LogP contribution in [0, 0.1) is 5.92 Å². The maximum Gasteiger partial charge on any atom is 0.341 e. The lowest BCUT2D eigenvalue weighted by Gasteiger charge is -2.33. The number of aromatic carboxylic acids is 1. The van der Waals surface area contributed by atoms with E-state index in [1.165, 1.54) is 23.6 Å². The number of fused-ring (bicyclic) bond motifs is 3. The average Bonchev–Trinajstić information content (AvgIpc) is 3.11. The summed E-state index contributed by atoms with van der Waals surface area (Å²) in [4.78, 5) is 28.3. The number of aromatic nitrogens is 2. The summed E-state index contributed by atoms with van der Waals surface area (Å²) >= 11 is 7.44. The highest BCUT2D eigenvalue weighted by molar-refractivity contribution is 7.18. The number of pyridine rings is 1. The van der Waals surface area contributed by atoms with Crippen LogP contribution in [0.1, 0.15) is 35.8 Å². The molecular weight excluding hydrogens is 412 g/mol. The lowest BCUT2D eigenvalue weighted by Crippen LogP contribution is -2.28. The molecule has 2 aromatic heterocycles. The Balaban J connectivity index is 1.98. The molecular formula is C21H19ClN2O4S. The summed E-state index contributed by atoms with van der Waals surface area (Å²) in [5, 5.41) is 10.1. The molecule has 0 bridgehead atoms. The largest absolute Gasteiger partial charge is 0.496 e. The fourth-order valence-electron chi connectivity index (χ4n) is 3.83. The first-order chi connectivity index (χ1) is 13.8. The Morgan fingerprint density at radius 2 is 2.10 bits per heavy atom. The van der Waals surface area contributed by atoms with Gasteiger partial charge in [0.15, 0.2) is 5.43 Å². The number of hydrogen-bond acceptors (Lipinski definition) is 5. The third kappa shape index (κ3) is 3.34. The molecule has 0 fully saturated rings. The molecule has 1 unspecified atom stereocenters. The van der Waals surface area contributed by atoms with Crippen LogP contribution >= 0.6 is 22.9 Å². The van der Waals surface area contributed by atoms with Crippen molar-refractivity contribution in [2.24, 2.45) is 5.92 Å². The van der Waals surface area contributed by atoms with Crippen molar-refractivity contribution < 1.29 is 14.6 Å². The monoisotopic (exact) mass is 430 g/mol. The number of thiazole rings is 1. The molecule has 0 radical (unpaired) electrons. The van der Waals surface area contributed by atoms with E-state index in [-0.39, 0.29) is 17.5 Å². The maximum atomic E-state index is 12.4. The first kappa shape index (κ1) is 19.7. The average molecular weight is 431 g/mol. The highest BCUT2D eigenvalue weighted by Gasteiger charge is 2.29. The van der Waals surface area contributed by atoms with Gasteiger partial charge in [0.25, 0.3) is 0 Å². The lowest BCUT2D eigenvalue weighted by atomic mass is 9.86. The number of ether oxygens (including phenoxy) is 1. The van der Waals surface area contributed by atoms with Crippen molar-refractivity contribution in [2.75, 3.05) is 7.11 Å². The predicted octanol–water partition coefficient (Wildman–Crippen LogP) is 4.75. The van der Waals surface area contributed by atoms with Gasteiger partial charge in [0.1, 0.15) is 20.7 Å². The number of hydrogen-bond donors (Lipinski definition) is 1. The molecule has 1 atom stereocenters. The highest BCUT2D eigenvalue weighted by atomic mass is 35.5. The van der Waals surface area contributed by atoms with E-state index in [1.807, 2.05) is 16.7 Å². The zero-order valence-electron chi connectivity index (χ0n) is 16.1. The molecule has 4 rings (SSSR count). The third-order valence-corrected chi connectivity index (χ3v) is 6.42. The van der Waals surface area contributed by atoms with E-state index in [4.69, 9.17) is 16.3 Å². The molecule has 29 heavy (non-hydrogen) atoms. The summed E-state index contributed by atoms with van der Waals surface area (Å²) < 4.78 is 8.11. The van der Waals surface area contributed by atoms with Gasteiger partial charge in [-0.05, 0) is 30.0 Å². The van der Waals surface area contributed by atoms with Gasteiger partial charge in [-0.15, -0.1) is 11.3 Å². The first-order valence-corrected chi connectivity index (χ1v) is 10.3. The molecule has 1 aromatic carbocycles. The molecule has 150 valence electrons. The predicted molar refractivity (Wildman–Crippen MR) is 113 cm³/mol. The summed E-state index contributed by atoms with van der Waals surface area (Å²) in [6.07, 6.45) is 3.78. The number of carboxylic acid groups (broad SMARTS) is 1. The molecule has 3 heterocycles. The van der Waals surface area contributed by atoms with Crippen molar-refractivity contribution in [3.63, 3.8) is 0 Å². The van der Waals surface area contributed by atoms with Gasteiger partial charge in [-0.3, -0.25) is 4.79 Å². The number of methoxy groups -OCH3 is 1. The first-order valence-electron chi connectivity index (χ1n) is 9.12. The van der Waals surface area contributed by atoms with Gasteiger partial charge >= 0.3 is 5.97 Å². The molecule has 3 aromatic rings. The maximum absolute atomic E-state index is 12.4. The number of halogens is 1. The summed E-state index contributed by atoms with van der Waals surface area (Å²) in [6.45, 7) is 4.17. The van der Waals surface area contributed by atoms with Crippen LogP contribution in [0.2, 0.25) is 4.34 Å². The van der Waals surface area contributed by atoms with Gasteiger partial charge in [0.05, 0.1) is 24.6 Å². The van der Waals surface area contributed by atoms with Gasteiger partial charge in [-0.1, -0.05) is 25.4 Å². The van der Waals surface area contributed by atoms with Crippen molar-refractivity contribution in [1.82, 2.24) is 9.55 Å². The third-order valence-electron chi connectivity index (χ3n) is 5.28. The molecule has 6 nitrogen and oxygen atoms in total. The Labute approximate surface area is 176 Å². The quantitative estimate of drug-likeness (QED) is 0.645. The number of carboxylic acids is 1. The minimum Gasteiger partial charge on any atom is -0.496 e. The van der Waals surface area contributed by atoms with Crippen LogP contribution in [-0.4, -0.2) is 27.7 Å². The van der Waals surface area contributed by atoms with Crippen molar-refractivity contribution >= 4 is 28.9 Å². The second kappa shape index (κ2) is 7.31. The van der Waals surface area contributed by atoms with Crippen LogP contribution in [0.15, 0.2) is 35.4 Å². The van der Waals surface area contributed by atoms with Crippen LogP contribution in [0.4, 0.5) is 0 Å². The van der Waals surface area contributed by atoms with E-state index < -0.39 is 11.4 Å². The lowest BCUT2D eigenvalue weighted by molar-refractivity contribution is 0.0694. The number of rotatable bonds is 4. The minimum atomic E-state index is -1.22. The van der Waals surface area contributed by atoms with Crippen LogP contribution < -0.4 is 10.2 Å². The molecule has 1 aliphatic heterocycles. The Morgan fingerprint density at radius 3 is 2.69 bits per heavy atom. The molecule has 0 spiro atoms. The number of benzene rings is 1. The normalized spacial score (nSPS) is 15.1. The van der Waals surface area contributed by atoms with Crippen molar-refractivity contribution in [3.05, 3.63) is 56.3 Å². The Morgan fingerprint density at radius 1 is 1.34 bits per heavy atom. The van der Waals surface area contributed by atoms with E-state index in [2.05, 4.69) is 18.8 Å². The van der Waals surface area contributed by atoms with Gasteiger partial charge in [-0.25, -0.2) is 9.78 Å². The number of carbonyl (C=O) groups is 1. The zero-order chi connectivity index (χ0) is 20.9. The van der Waals surface area contributed by atoms with Gasteiger partial charge in [0, 0.05) is 23.9 Å². The van der Waals surface area contributed by atoms with Crippen LogP contribution in [-0.2, 0) is 6.42 Å². The topological polar surface area (TPSA) is 81.4 Å². The summed E-state index contributed by atoms with van der Waals surface area (Å²) in [7, 11) is 1.58. The summed E-state index contributed by atoms with van der Waals surface area (Å²) in [6, 6.07) is 5.37. The van der Waals surface area contributed by atoms with Crippen molar-refractivity contribution in [1.29, 1.82) is 0 Å². The highest BCUT2D eigenvalue weighted by Crippen LogP contribution is 2.44. The summed E-state index contributed by atoms with van der Waals surface area (Å²) in [5.74, 6) is -0.350. The van der Waals surface area contributed by atoms with Crippen molar-refractivity contribution in [2.45, 2.75) is 26.3 Å². The van der Waals surface area contributed by atoms with E-state index >= 15 is 0 Å². The molecule has 0 amide bonds. The van der Waals surface area contributed by atoms with Gasteiger partial charge in [-0.2, -0.15) is 0 Å². The fourth-order valence-corrected chi connectivity index (χ4v) is 4.76. The van der Waals surface area contributed by atoms with E-state index in [0.717, 1.165) is 21.7 Å². The molecule has 1 aliphatic rings. The van der Waals surface area contributed by atoms with E-state index in [9.17, 15) is 14.7 Å². The minimum absolute atomic E-state index is 0.0253. The van der Waals surface area contributed by atoms with Gasteiger partial charge in [0.2, 0.25) is 0 Å². The molecule has 0 saturated carbocycles. The molecule has 8 heteroatoms. The zero-order valence-corrected chi connectivity index (χ0v) is 17.7. The Hall–Kier alpha value is -2.64. The van der Waals surface area contributed by atoms with E-state index in [0.29, 0.717) is 22.2 Å².